The number of anilines is 3. The molecule has 0 amide bonds. The van der Waals surface area contributed by atoms with Gasteiger partial charge in [-0.3, -0.25) is 0 Å². The van der Waals surface area contributed by atoms with Crippen LogP contribution in [0.1, 0.15) is 6.42 Å². The van der Waals surface area contributed by atoms with Crippen LogP contribution in [0.5, 0.6) is 11.5 Å². The second kappa shape index (κ2) is 7.32. The summed E-state index contributed by atoms with van der Waals surface area (Å²) in [5.74, 6) is 2.40. The van der Waals surface area contributed by atoms with Crippen LogP contribution in [0.3, 0.4) is 0 Å². The second-order valence-electron chi connectivity index (χ2n) is 6.00. The number of methoxy groups -OCH3 is 2. The number of ether oxygens (including phenoxy) is 2. The van der Waals surface area contributed by atoms with Gasteiger partial charge in [0.15, 0.2) is 27.2 Å². The first-order valence-corrected chi connectivity index (χ1v) is 9.86. The Morgan fingerprint density at radius 3 is 2.65 bits per heavy atom. The molecule has 1 aromatic heterocycles. The summed E-state index contributed by atoms with van der Waals surface area (Å²) in [7, 11) is 1.98. The van der Waals surface area contributed by atoms with Gasteiger partial charge in [0.2, 0.25) is 5.95 Å². The number of sulfone groups is 1. The molecule has 9 nitrogen and oxygen atoms in total. The molecule has 1 unspecified atom stereocenters. The van der Waals surface area contributed by atoms with Crippen molar-refractivity contribution in [3.63, 3.8) is 0 Å². The minimum absolute atomic E-state index is 0.106. The van der Waals surface area contributed by atoms with Crippen LogP contribution >= 0.6 is 0 Å². The highest BCUT2D eigenvalue weighted by Crippen LogP contribution is 2.30. The first kappa shape index (κ1) is 18.2. The third-order valence-electron chi connectivity index (χ3n) is 4.30. The van der Waals surface area contributed by atoms with Crippen LogP contribution < -0.4 is 19.7 Å². The number of nitrogens with zero attached hydrogens (tertiary/aromatic N) is 4. The van der Waals surface area contributed by atoms with Gasteiger partial charge in [-0.15, -0.1) is 5.10 Å². The van der Waals surface area contributed by atoms with E-state index in [2.05, 4.69) is 20.5 Å². The fraction of sp³-hybridized carbons (Fsp3) is 0.438. The lowest BCUT2D eigenvalue weighted by molar-refractivity contribution is 0.355. The summed E-state index contributed by atoms with van der Waals surface area (Å²) >= 11 is 0. The Kier molecular flexibility index (Phi) is 5.12. The highest BCUT2D eigenvalue weighted by atomic mass is 32.2. The topological polar surface area (TPSA) is 107 Å². The zero-order valence-corrected chi connectivity index (χ0v) is 15.7. The van der Waals surface area contributed by atoms with E-state index in [1.165, 1.54) is 6.20 Å². The Morgan fingerprint density at radius 2 is 2.00 bits per heavy atom. The molecule has 26 heavy (non-hydrogen) atoms. The van der Waals surface area contributed by atoms with Gasteiger partial charge >= 0.3 is 0 Å². The molecular weight excluding hydrogens is 358 g/mol. The van der Waals surface area contributed by atoms with E-state index in [0.29, 0.717) is 35.4 Å². The van der Waals surface area contributed by atoms with Gasteiger partial charge in [-0.05, 0) is 18.6 Å². The number of rotatable bonds is 6. The van der Waals surface area contributed by atoms with Gasteiger partial charge in [0.05, 0.1) is 31.9 Å². The number of aromatic nitrogens is 3. The summed E-state index contributed by atoms with van der Waals surface area (Å²) < 4.78 is 33.9. The Hall–Kier alpha value is -2.62. The first-order chi connectivity index (χ1) is 12.4. The molecule has 3 rings (SSSR count). The maximum Gasteiger partial charge on any atom is 0.249 e. The van der Waals surface area contributed by atoms with Gasteiger partial charge in [0.25, 0.3) is 0 Å². The Labute approximate surface area is 152 Å². The van der Waals surface area contributed by atoms with Crippen molar-refractivity contribution < 1.29 is 17.9 Å². The molecule has 1 aliphatic rings. The van der Waals surface area contributed by atoms with Gasteiger partial charge in [-0.2, -0.15) is 10.1 Å². The third-order valence-corrected chi connectivity index (χ3v) is 6.05. The summed E-state index contributed by atoms with van der Waals surface area (Å²) in [6.07, 6.45) is 2.10. The Bertz CT molecular complexity index is 890. The Balaban J connectivity index is 1.77. The van der Waals surface area contributed by atoms with Crippen molar-refractivity contribution >= 4 is 27.3 Å². The summed E-state index contributed by atoms with van der Waals surface area (Å²) in [6.45, 7) is 0. The van der Waals surface area contributed by atoms with E-state index in [1.807, 2.05) is 18.0 Å². The molecule has 2 heterocycles. The van der Waals surface area contributed by atoms with E-state index >= 15 is 0 Å². The molecular formula is C16H21N5O4S. The van der Waals surface area contributed by atoms with E-state index in [0.717, 1.165) is 0 Å². The standard InChI is InChI=1S/C16H21N5O4S/c1-21(12-6-7-26(22,23)10-12)15-9-17-20-16(19-15)18-11-4-5-13(24-2)14(8-11)25-3/h4-5,8-9,12H,6-7,10H2,1-3H3,(H,18,19,20). The van der Waals surface area contributed by atoms with Crippen molar-refractivity contribution in [3.8, 4) is 11.5 Å². The lowest BCUT2D eigenvalue weighted by Crippen LogP contribution is -2.33. The van der Waals surface area contributed by atoms with Crippen LogP contribution in [0.25, 0.3) is 0 Å². The molecule has 0 spiro atoms. The largest absolute Gasteiger partial charge is 0.493 e. The normalized spacial score (nSPS) is 18.3. The van der Waals surface area contributed by atoms with E-state index in [9.17, 15) is 8.42 Å². The second-order valence-corrected chi connectivity index (χ2v) is 8.23. The summed E-state index contributed by atoms with van der Waals surface area (Å²) in [5, 5.41) is 11.0. The van der Waals surface area contributed by atoms with E-state index in [1.54, 1.807) is 26.4 Å². The van der Waals surface area contributed by atoms with Gasteiger partial charge < -0.3 is 19.7 Å². The van der Waals surface area contributed by atoms with E-state index < -0.39 is 9.84 Å². The number of nitrogens with one attached hydrogen (secondary N) is 1. The highest BCUT2D eigenvalue weighted by molar-refractivity contribution is 7.91. The molecule has 0 bridgehead atoms. The highest BCUT2D eigenvalue weighted by Gasteiger charge is 2.31. The number of benzene rings is 1. The Morgan fingerprint density at radius 1 is 1.23 bits per heavy atom. The van der Waals surface area contributed by atoms with Gasteiger partial charge in [-0.25, -0.2) is 8.42 Å². The van der Waals surface area contributed by atoms with Crippen molar-refractivity contribution in [2.45, 2.75) is 12.5 Å². The van der Waals surface area contributed by atoms with Crippen molar-refractivity contribution in [1.82, 2.24) is 15.2 Å². The predicted octanol–water partition coefficient (Wildman–Crippen LogP) is 1.26. The van der Waals surface area contributed by atoms with Crippen molar-refractivity contribution in [2.75, 3.05) is 43.0 Å². The third kappa shape index (κ3) is 3.96. The molecule has 1 fully saturated rings. The molecule has 1 aromatic carbocycles. The SMILES string of the molecule is COc1ccc(Nc2nncc(N(C)C3CCS(=O)(=O)C3)n2)cc1OC. The molecule has 0 aliphatic carbocycles. The molecule has 0 saturated carbocycles. The van der Waals surface area contributed by atoms with E-state index in [-0.39, 0.29) is 17.5 Å². The summed E-state index contributed by atoms with van der Waals surface area (Å²) in [5.41, 5.74) is 0.715. The molecule has 1 aliphatic heterocycles. The number of hydrogen-bond acceptors (Lipinski definition) is 9. The van der Waals surface area contributed by atoms with Crippen LogP contribution in [-0.4, -0.2) is 62.4 Å². The minimum atomic E-state index is -2.97. The molecule has 1 N–H and O–H groups in total. The molecule has 0 radical (unpaired) electrons. The smallest absolute Gasteiger partial charge is 0.249 e. The lowest BCUT2D eigenvalue weighted by atomic mass is 10.2. The zero-order chi connectivity index (χ0) is 18.7. The van der Waals surface area contributed by atoms with Crippen molar-refractivity contribution in [3.05, 3.63) is 24.4 Å². The number of hydrogen-bond donors (Lipinski definition) is 1. The molecule has 1 atom stereocenters. The van der Waals surface area contributed by atoms with Crippen molar-refractivity contribution in [2.24, 2.45) is 0 Å². The monoisotopic (exact) mass is 379 g/mol. The minimum Gasteiger partial charge on any atom is -0.493 e. The zero-order valence-electron chi connectivity index (χ0n) is 14.8. The molecule has 140 valence electrons. The first-order valence-electron chi connectivity index (χ1n) is 8.04. The average Bonchev–Trinajstić information content (AvgIpc) is 3.01. The quantitative estimate of drug-likeness (QED) is 0.793. The van der Waals surface area contributed by atoms with Crippen LogP contribution in [0, 0.1) is 0 Å². The maximum atomic E-state index is 11.7. The van der Waals surface area contributed by atoms with Crippen LogP contribution in [-0.2, 0) is 9.84 Å². The molecule has 2 aromatic rings. The lowest BCUT2D eigenvalue weighted by Gasteiger charge is -2.24. The average molecular weight is 379 g/mol. The molecule has 10 heteroatoms. The summed E-state index contributed by atoms with van der Waals surface area (Å²) in [6, 6.07) is 5.24. The van der Waals surface area contributed by atoms with Crippen LogP contribution in [0.4, 0.5) is 17.5 Å². The van der Waals surface area contributed by atoms with E-state index in [4.69, 9.17) is 9.47 Å². The maximum absolute atomic E-state index is 11.7. The fourth-order valence-electron chi connectivity index (χ4n) is 2.83. The van der Waals surface area contributed by atoms with Gasteiger partial charge in [0.1, 0.15) is 0 Å². The van der Waals surface area contributed by atoms with Crippen molar-refractivity contribution in [1.29, 1.82) is 0 Å². The predicted molar refractivity (Wildman–Crippen MR) is 98.1 cm³/mol. The van der Waals surface area contributed by atoms with Gasteiger partial charge in [-0.1, -0.05) is 0 Å². The summed E-state index contributed by atoms with van der Waals surface area (Å²) in [4.78, 5) is 6.27. The van der Waals surface area contributed by atoms with Crippen LogP contribution in [0.2, 0.25) is 0 Å². The molecule has 1 saturated heterocycles. The van der Waals surface area contributed by atoms with Gasteiger partial charge in [0, 0.05) is 24.8 Å². The van der Waals surface area contributed by atoms with Crippen LogP contribution in [0.15, 0.2) is 24.4 Å². The fourth-order valence-corrected chi connectivity index (χ4v) is 4.60.